The van der Waals surface area contributed by atoms with Gasteiger partial charge in [0.2, 0.25) is 0 Å². The lowest BCUT2D eigenvalue weighted by Gasteiger charge is -2.16. The first-order chi connectivity index (χ1) is 13.9. The summed E-state index contributed by atoms with van der Waals surface area (Å²) in [5.74, 6) is -0.663. The van der Waals surface area contributed by atoms with Crippen LogP contribution in [-0.4, -0.2) is 26.8 Å². The van der Waals surface area contributed by atoms with Gasteiger partial charge in [0.05, 0.1) is 16.3 Å². The Morgan fingerprint density at radius 2 is 1.93 bits per heavy atom. The van der Waals surface area contributed by atoms with Crippen molar-refractivity contribution in [3.05, 3.63) is 62.9 Å². The summed E-state index contributed by atoms with van der Waals surface area (Å²) in [7, 11) is 0. The maximum absolute atomic E-state index is 13.1. The van der Waals surface area contributed by atoms with Gasteiger partial charge in [-0.2, -0.15) is 0 Å². The van der Waals surface area contributed by atoms with E-state index in [1.165, 1.54) is 38.6 Å². The van der Waals surface area contributed by atoms with Crippen LogP contribution in [0.2, 0.25) is 0 Å². The number of nitrogens with zero attached hydrogens (tertiary/aromatic N) is 3. The van der Waals surface area contributed by atoms with Crippen molar-refractivity contribution in [2.24, 2.45) is 5.92 Å². The number of amides is 2. The molecule has 1 unspecified atom stereocenters. The predicted molar refractivity (Wildman–Crippen MR) is 106 cm³/mol. The fourth-order valence-corrected chi connectivity index (χ4v) is 4.52. The van der Waals surface area contributed by atoms with E-state index in [2.05, 4.69) is 28.1 Å². The number of hydrazine groups is 1. The number of nitrogens with one attached hydrogen (secondary N) is 2. The summed E-state index contributed by atoms with van der Waals surface area (Å²) in [6.45, 7) is 3.89. The number of rotatable bonds is 3. The van der Waals surface area contributed by atoms with Crippen LogP contribution in [0.5, 0.6) is 0 Å². The lowest BCUT2D eigenvalue weighted by Crippen LogP contribution is -2.41. The molecule has 9 heteroatoms. The lowest BCUT2D eigenvalue weighted by atomic mass is 9.90. The van der Waals surface area contributed by atoms with Crippen LogP contribution in [-0.2, 0) is 12.8 Å². The molecule has 3 aromatic rings. The summed E-state index contributed by atoms with van der Waals surface area (Å²) >= 11 is 1.47. The number of halogens is 1. The molecule has 2 N–H and O–H groups in total. The average molecular weight is 413 g/mol. The highest BCUT2D eigenvalue weighted by atomic mass is 32.1. The number of fused-ring (bicyclic) bond motifs is 1. The predicted octanol–water partition coefficient (Wildman–Crippen LogP) is 2.98. The molecule has 2 aromatic heterocycles. The maximum atomic E-state index is 13.1. The van der Waals surface area contributed by atoms with Gasteiger partial charge in [0.25, 0.3) is 11.8 Å². The van der Waals surface area contributed by atoms with Crippen molar-refractivity contribution < 1.29 is 14.0 Å². The maximum Gasteiger partial charge on any atom is 0.292 e. The van der Waals surface area contributed by atoms with Gasteiger partial charge in [0.1, 0.15) is 5.82 Å². The first-order valence-electron chi connectivity index (χ1n) is 9.33. The SMILES string of the molecule is Cc1c(C(=O)NNC(=O)c2cc3c(s2)CCC(C)C3)nnn1-c1ccc(F)cc1. The van der Waals surface area contributed by atoms with Crippen LogP contribution in [0.1, 0.15) is 49.6 Å². The fraction of sp³-hybridized carbons (Fsp3) is 0.300. The molecule has 29 heavy (non-hydrogen) atoms. The quantitative estimate of drug-likeness (QED) is 0.646. The van der Waals surface area contributed by atoms with Crippen LogP contribution in [0.4, 0.5) is 4.39 Å². The Morgan fingerprint density at radius 3 is 2.69 bits per heavy atom. The zero-order chi connectivity index (χ0) is 20.5. The summed E-state index contributed by atoms with van der Waals surface area (Å²) in [6, 6.07) is 7.60. The van der Waals surface area contributed by atoms with Gasteiger partial charge in [0, 0.05) is 4.88 Å². The average Bonchev–Trinajstić information content (AvgIpc) is 3.30. The molecule has 1 atom stereocenters. The van der Waals surface area contributed by atoms with Crippen LogP contribution >= 0.6 is 11.3 Å². The largest absolute Gasteiger partial charge is 0.292 e. The number of hydrogen-bond donors (Lipinski definition) is 2. The lowest BCUT2D eigenvalue weighted by molar-refractivity contribution is 0.0845. The molecule has 0 saturated carbocycles. The molecule has 0 radical (unpaired) electrons. The van der Waals surface area contributed by atoms with E-state index in [1.54, 1.807) is 19.1 Å². The standard InChI is InChI=1S/C20H20FN5O2S/c1-11-3-8-16-13(9-11)10-17(29-16)19(27)23-24-20(28)18-12(2)26(25-22-18)15-6-4-14(21)5-7-15/h4-7,10-11H,3,8-9H2,1-2H3,(H,23,27)(H,24,28). The Labute approximate surface area is 170 Å². The minimum Gasteiger partial charge on any atom is -0.266 e. The van der Waals surface area contributed by atoms with E-state index in [-0.39, 0.29) is 17.4 Å². The van der Waals surface area contributed by atoms with Gasteiger partial charge < -0.3 is 0 Å². The second-order valence-corrected chi connectivity index (χ2v) is 8.36. The Balaban J connectivity index is 1.42. The summed E-state index contributed by atoms with van der Waals surface area (Å²) < 4.78 is 14.5. The highest BCUT2D eigenvalue weighted by Crippen LogP contribution is 2.32. The van der Waals surface area contributed by atoms with E-state index >= 15 is 0 Å². The van der Waals surface area contributed by atoms with E-state index in [4.69, 9.17) is 0 Å². The van der Waals surface area contributed by atoms with E-state index in [1.807, 2.05) is 6.07 Å². The van der Waals surface area contributed by atoms with E-state index < -0.39 is 5.91 Å². The zero-order valence-electron chi connectivity index (χ0n) is 16.0. The summed E-state index contributed by atoms with van der Waals surface area (Å²) in [6.07, 6.45) is 3.11. The molecular weight excluding hydrogens is 393 g/mol. The third-order valence-electron chi connectivity index (χ3n) is 5.02. The normalized spacial score (nSPS) is 15.6. The summed E-state index contributed by atoms with van der Waals surface area (Å²) in [5, 5.41) is 7.83. The number of thiophene rings is 1. The highest BCUT2D eigenvalue weighted by Gasteiger charge is 2.22. The molecule has 7 nitrogen and oxygen atoms in total. The van der Waals surface area contributed by atoms with Gasteiger partial charge in [-0.25, -0.2) is 9.07 Å². The third kappa shape index (κ3) is 3.91. The molecule has 1 aliphatic rings. The van der Waals surface area contributed by atoms with E-state index in [9.17, 15) is 14.0 Å². The number of carbonyl (C=O) groups is 2. The van der Waals surface area contributed by atoms with Gasteiger partial charge >= 0.3 is 0 Å². The van der Waals surface area contributed by atoms with Crippen molar-refractivity contribution in [3.63, 3.8) is 0 Å². The van der Waals surface area contributed by atoms with Crippen molar-refractivity contribution >= 4 is 23.2 Å². The van der Waals surface area contributed by atoms with Crippen molar-refractivity contribution in [1.82, 2.24) is 25.8 Å². The molecule has 0 spiro atoms. The van der Waals surface area contributed by atoms with Gasteiger partial charge in [-0.15, -0.1) is 16.4 Å². The molecule has 0 fully saturated rings. The second-order valence-electron chi connectivity index (χ2n) is 7.23. The molecule has 2 heterocycles. The minimum absolute atomic E-state index is 0.0777. The number of carbonyl (C=O) groups excluding carboxylic acids is 2. The second kappa shape index (κ2) is 7.75. The van der Waals surface area contributed by atoms with Crippen LogP contribution in [0.15, 0.2) is 30.3 Å². The van der Waals surface area contributed by atoms with Gasteiger partial charge in [0.15, 0.2) is 5.69 Å². The number of aromatic nitrogens is 3. The smallest absolute Gasteiger partial charge is 0.266 e. The van der Waals surface area contributed by atoms with Crippen molar-refractivity contribution in [3.8, 4) is 5.69 Å². The Kier molecular flexibility index (Phi) is 5.14. The molecule has 0 saturated heterocycles. The summed E-state index contributed by atoms with van der Waals surface area (Å²) in [4.78, 5) is 26.7. The first-order valence-corrected chi connectivity index (χ1v) is 10.1. The molecule has 0 bridgehead atoms. The summed E-state index contributed by atoms with van der Waals surface area (Å²) in [5.41, 5.74) is 7.20. The minimum atomic E-state index is -0.570. The fourth-order valence-electron chi connectivity index (χ4n) is 3.42. The topological polar surface area (TPSA) is 88.9 Å². The van der Waals surface area contributed by atoms with Crippen LogP contribution in [0.25, 0.3) is 5.69 Å². The Bertz CT molecular complexity index is 1070. The van der Waals surface area contributed by atoms with Crippen LogP contribution in [0.3, 0.4) is 0 Å². The van der Waals surface area contributed by atoms with Crippen molar-refractivity contribution in [1.29, 1.82) is 0 Å². The Hall–Kier alpha value is -3.07. The molecule has 0 aliphatic heterocycles. The van der Waals surface area contributed by atoms with Crippen LogP contribution in [0, 0.1) is 18.7 Å². The van der Waals surface area contributed by atoms with E-state index in [0.717, 1.165) is 19.3 Å². The molecule has 2 amide bonds. The molecule has 1 aliphatic carbocycles. The first kappa shape index (κ1) is 19.3. The molecule has 1 aromatic carbocycles. The van der Waals surface area contributed by atoms with Crippen LogP contribution < -0.4 is 10.9 Å². The molecule has 150 valence electrons. The number of hydrogen-bond acceptors (Lipinski definition) is 5. The Morgan fingerprint density at radius 1 is 1.21 bits per heavy atom. The van der Waals surface area contributed by atoms with Gasteiger partial charge in [-0.1, -0.05) is 12.1 Å². The van der Waals surface area contributed by atoms with E-state index in [0.29, 0.717) is 22.2 Å². The zero-order valence-corrected chi connectivity index (χ0v) is 16.8. The molecular formula is C20H20FN5O2S. The molecule has 4 rings (SSSR count). The third-order valence-corrected chi connectivity index (χ3v) is 6.26. The highest BCUT2D eigenvalue weighted by molar-refractivity contribution is 7.14. The van der Waals surface area contributed by atoms with Crippen molar-refractivity contribution in [2.75, 3.05) is 0 Å². The van der Waals surface area contributed by atoms with Crippen molar-refractivity contribution in [2.45, 2.75) is 33.1 Å². The van der Waals surface area contributed by atoms with Gasteiger partial charge in [-0.05, 0) is 68.0 Å². The van der Waals surface area contributed by atoms with Gasteiger partial charge in [-0.3, -0.25) is 20.4 Å². The number of aryl methyl sites for hydroxylation is 1. The monoisotopic (exact) mass is 413 g/mol. The number of benzene rings is 1.